The van der Waals surface area contributed by atoms with Crippen LogP contribution in [0.3, 0.4) is 0 Å². The number of aromatic nitrogens is 1. The van der Waals surface area contributed by atoms with Crippen LogP contribution >= 0.6 is 0 Å². The standard InChI is InChI=1S/C13H21N3O2/c1-9(2)13(4,18)8-15-12(17)16-11-5-6-14-7-10(11)3/h5-7,9,18H,8H2,1-4H3,(H2,14,15,16,17). The van der Waals surface area contributed by atoms with Gasteiger partial charge in [0.25, 0.3) is 0 Å². The van der Waals surface area contributed by atoms with Gasteiger partial charge in [-0.3, -0.25) is 4.98 Å². The summed E-state index contributed by atoms with van der Waals surface area (Å²) in [4.78, 5) is 15.6. The Labute approximate surface area is 108 Å². The van der Waals surface area contributed by atoms with Gasteiger partial charge in [0.1, 0.15) is 0 Å². The van der Waals surface area contributed by atoms with E-state index in [1.807, 2.05) is 20.8 Å². The highest BCUT2D eigenvalue weighted by Crippen LogP contribution is 2.15. The van der Waals surface area contributed by atoms with E-state index in [-0.39, 0.29) is 18.5 Å². The van der Waals surface area contributed by atoms with Crippen LogP contribution in [-0.4, -0.2) is 28.3 Å². The molecule has 0 saturated heterocycles. The fraction of sp³-hybridized carbons (Fsp3) is 0.538. The number of hydrogen-bond donors (Lipinski definition) is 3. The van der Waals surface area contributed by atoms with Gasteiger partial charge in [0.2, 0.25) is 0 Å². The van der Waals surface area contributed by atoms with Crippen LogP contribution in [0.2, 0.25) is 0 Å². The molecule has 1 aromatic heterocycles. The Morgan fingerprint density at radius 1 is 1.56 bits per heavy atom. The summed E-state index contributed by atoms with van der Waals surface area (Å²) in [6.45, 7) is 7.60. The molecular formula is C13H21N3O2. The molecule has 0 aliphatic rings. The van der Waals surface area contributed by atoms with Crippen LogP contribution in [0.4, 0.5) is 10.5 Å². The Hall–Kier alpha value is -1.62. The summed E-state index contributed by atoms with van der Waals surface area (Å²) >= 11 is 0. The number of nitrogens with zero attached hydrogens (tertiary/aromatic N) is 1. The van der Waals surface area contributed by atoms with Crippen molar-refractivity contribution in [2.75, 3.05) is 11.9 Å². The molecule has 0 aliphatic carbocycles. The topological polar surface area (TPSA) is 74.2 Å². The van der Waals surface area contributed by atoms with Crippen LogP contribution in [0.5, 0.6) is 0 Å². The summed E-state index contributed by atoms with van der Waals surface area (Å²) in [5, 5.41) is 15.4. The third kappa shape index (κ3) is 4.00. The molecule has 0 aromatic carbocycles. The van der Waals surface area contributed by atoms with Gasteiger partial charge in [-0.2, -0.15) is 0 Å². The molecule has 0 aliphatic heterocycles. The first-order chi connectivity index (χ1) is 8.33. The molecule has 1 heterocycles. The van der Waals surface area contributed by atoms with E-state index < -0.39 is 5.60 Å². The van der Waals surface area contributed by atoms with Crippen molar-refractivity contribution in [3.63, 3.8) is 0 Å². The van der Waals surface area contributed by atoms with Crippen molar-refractivity contribution in [2.45, 2.75) is 33.3 Å². The lowest BCUT2D eigenvalue weighted by molar-refractivity contribution is 0.0170. The zero-order valence-electron chi connectivity index (χ0n) is 11.3. The largest absolute Gasteiger partial charge is 0.388 e. The van der Waals surface area contributed by atoms with Crippen molar-refractivity contribution in [3.05, 3.63) is 24.0 Å². The number of pyridine rings is 1. The summed E-state index contributed by atoms with van der Waals surface area (Å²) in [6, 6.07) is 1.40. The lowest BCUT2D eigenvalue weighted by atomic mass is 9.93. The average Bonchev–Trinajstić information content (AvgIpc) is 2.29. The van der Waals surface area contributed by atoms with Crippen LogP contribution in [0, 0.1) is 12.8 Å². The van der Waals surface area contributed by atoms with Gasteiger partial charge in [0.15, 0.2) is 0 Å². The highest BCUT2D eigenvalue weighted by atomic mass is 16.3. The van der Waals surface area contributed by atoms with Crippen LogP contribution in [0.1, 0.15) is 26.3 Å². The number of aryl methyl sites for hydroxylation is 1. The van der Waals surface area contributed by atoms with E-state index in [2.05, 4.69) is 15.6 Å². The lowest BCUT2D eigenvalue weighted by Gasteiger charge is -2.27. The zero-order valence-corrected chi connectivity index (χ0v) is 11.3. The third-order valence-electron chi connectivity index (χ3n) is 3.12. The molecule has 0 fully saturated rings. The molecule has 2 amide bonds. The first-order valence-corrected chi connectivity index (χ1v) is 6.01. The Bertz CT molecular complexity index is 416. The number of carbonyl (C=O) groups is 1. The fourth-order valence-corrected chi connectivity index (χ4v) is 1.24. The molecule has 3 N–H and O–H groups in total. The Morgan fingerprint density at radius 3 is 2.78 bits per heavy atom. The third-order valence-corrected chi connectivity index (χ3v) is 3.12. The maximum absolute atomic E-state index is 11.7. The second-order valence-corrected chi connectivity index (χ2v) is 5.01. The van der Waals surface area contributed by atoms with Crippen molar-refractivity contribution in [1.82, 2.24) is 10.3 Å². The number of urea groups is 1. The van der Waals surface area contributed by atoms with Crippen LogP contribution < -0.4 is 10.6 Å². The lowest BCUT2D eigenvalue weighted by Crippen LogP contribution is -2.45. The van der Waals surface area contributed by atoms with E-state index in [1.54, 1.807) is 25.4 Å². The molecule has 1 aromatic rings. The number of nitrogens with one attached hydrogen (secondary N) is 2. The minimum atomic E-state index is -0.912. The maximum atomic E-state index is 11.7. The Kier molecular flexibility index (Phi) is 4.67. The summed E-state index contributed by atoms with van der Waals surface area (Å²) in [7, 11) is 0. The highest BCUT2D eigenvalue weighted by molar-refractivity contribution is 5.89. The van der Waals surface area contributed by atoms with Crippen LogP contribution in [0.25, 0.3) is 0 Å². The first-order valence-electron chi connectivity index (χ1n) is 6.01. The second-order valence-electron chi connectivity index (χ2n) is 5.01. The monoisotopic (exact) mass is 251 g/mol. The molecular weight excluding hydrogens is 230 g/mol. The van der Waals surface area contributed by atoms with Crippen molar-refractivity contribution in [3.8, 4) is 0 Å². The fourth-order valence-electron chi connectivity index (χ4n) is 1.24. The van der Waals surface area contributed by atoms with Gasteiger partial charge >= 0.3 is 6.03 Å². The Morgan fingerprint density at radius 2 is 2.22 bits per heavy atom. The van der Waals surface area contributed by atoms with E-state index in [1.165, 1.54) is 0 Å². The maximum Gasteiger partial charge on any atom is 0.319 e. The van der Waals surface area contributed by atoms with Gasteiger partial charge in [-0.05, 0) is 31.4 Å². The average molecular weight is 251 g/mol. The highest BCUT2D eigenvalue weighted by Gasteiger charge is 2.25. The minimum Gasteiger partial charge on any atom is -0.388 e. The number of amides is 2. The molecule has 5 heteroatoms. The van der Waals surface area contributed by atoms with Gasteiger partial charge in [-0.1, -0.05) is 13.8 Å². The van der Waals surface area contributed by atoms with Crippen molar-refractivity contribution < 1.29 is 9.90 Å². The van der Waals surface area contributed by atoms with Crippen LogP contribution in [0.15, 0.2) is 18.5 Å². The summed E-state index contributed by atoms with van der Waals surface area (Å²) < 4.78 is 0. The van der Waals surface area contributed by atoms with Crippen molar-refractivity contribution in [2.24, 2.45) is 5.92 Å². The summed E-state index contributed by atoms with van der Waals surface area (Å²) in [5.74, 6) is 0.0699. The van der Waals surface area contributed by atoms with Gasteiger partial charge in [-0.25, -0.2) is 4.79 Å². The molecule has 1 atom stereocenters. The predicted octanol–water partition coefficient (Wildman–Crippen LogP) is 1.92. The van der Waals surface area contributed by atoms with Crippen molar-refractivity contribution in [1.29, 1.82) is 0 Å². The number of hydrogen-bond acceptors (Lipinski definition) is 3. The number of aliphatic hydroxyl groups is 1. The molecule has 0 saturated carbocycles. The summed E-state index contributed by atoms with van der Waals surface area (Å²) in [5.41, 5.74) is 0.694. The molecule has 1 unspecified atom stereocenters. The first kappa shape index (κ1) is 14.4. The quantitative estimate of drug-likeness (QED) is 0.765. The number of carbonyl (C=O) groups excluding carboxylic acids is 1. The molecule has 5 nitrogen and oxygen atoms in total. The van der Waals surface area contributed by atoms with E-state index in [9.17, 15) is 9.90 Å². The number of anilines is 1. The molecule has 18 heavy (non-hydrogen) atoms. The van der Waals surface area contributed by atoms with Gasteiger partial charge in [0, 0.05) is 24.6 Å². The molecule has 0 radical (unpaired) electrons. The summed E-state index contributed by atoms with van der Waals surface area (Å²) in [6.07, 6.45) is 3.30. The van der Waals surface area contributed by atoms with E-state index in [0.29, 0.717) is 5.69 Å². The van der Waals surface area contributed by atoms with E-state index in [4.69, 9.17) is 0 Å². The zero-order chi connectivity index (χ0) is 13.8. The second kappa shape index (κ2) is 5.82. The molecule has 0 bridgehead atoms. The Balaban J connectivity index is 2.51. The van der Waals surface area contributed by atoms with Crippen LogP contribution in [-0.2, 0) is 0 Å². The van der Waals surface area contributed by atoms with Gasteiger partial charge in [-0.15, -0.1) is 0 Å². The molecule has 1 rings (SSSR count). The van der Waals surface area contributed by atoms with Gasteiger partial charge < -0.3 is 15.7 Å². The smallest absolute Gasteiger partial charge is 0.319 e. The van der Waals surface area contributed by atoms with Crippen molar-refractivity contribution >= 4 is 11.7 Å². The minimum absolute atomic E-state index is 0.0699. The van der Waals surface area contributed by atoms with Gasteiger partial charge in [0.05, 0.1) is 5.60 Å². The number of rotatable bonds is 4. The molecule has 100 valence electrons. The van der Waals surface area contributed by atoms with E-state index in [0.717, 1.165) is 5.56 Å². The molecule has 0 spiro atoms. The predicted molar refractivity (Wildman–Crippen MR) is 71.5 cm³/mol. The SMILES string of the molecule is Cc1cnccc1NC(=O)NCC(C)(O)C(C)C. The normalized spacial score (nSPS) is 14.1. The van der Waals surface area contributed by atoms with E-state index >= 15 is 0 Å².